The fourth-order valence-electron chi connectivity index (χ4n) is 2.82. The molecule has 1 unspecified atom stereocenters. The molecule has 112 valence electrons. The summed E-state index contributed by atoms with van der Waals surface area (Å²) in [6.07, 6.45) is 1.11. The van der Waals surface area contributed by atoms with E-state index in [1.54, 1.807) is 0 Å². The Morgan fingerprint density at radius 1 is 1.45 bits per heavy atom. The Bertz CT molecular complexity index is 436. The zero-order valence-electron chi connectivity index (χ0n) is 12.7. The van der Waals surface area contributed by atoms with Gasteiger partial charge < -0.3 is 10.1 Å². The molecule has 1 aliphatic heterocycles. The van der Waals surface area contributed by atoms with Crippen LogP contribution in [0.5, 0.6) is 0 Å². The smallest absolute Gasteiger partial charge is 0.0753 e. The minimum absolute atomic E-state index is 0.0107. The maximum Gasteiger partial charge on any atom is 0.0753 e. The van der Waals surface area contributed by atoms with Gasteiger partial charge in [-0.05, 0) is 45.0 Å². The Kier molecular flexibility index (Phi) is 5.61. The summed E-state index contributed by atoms with van der Waals surface area (Å²) in [4.78, 5) is 2.51. The lowest BCUT2D eigenvalue weighted by Crippen LogP contribution is -2.48. The Morgan fingerprint density at radius 3 is 2.90 bits per heavy atom. The molecule has 1 aromatic rings. The van der Waals surface area contributed by atoms with Crippen LogP contribution >= 0.6 is 15.9 Å². The molecule has 0 aromatic heterocycles. The van der Waals surface area contributed by atoms with E-state index in [2.05, 4.69) is 64.3 Å². The number of hydrogen-bond donors (Lipinski definition) is 1. The molecule has 0 amide bonds. The van der Waals surface area contributed by atoms with Gasteiger partial charge in [0, 0.05) is 30.1 Å². The van der Waals surface area contributed by atoms with Crippen molar-refractivity contribution in [1.29, 1.82) is 0 Å². The van der Waals surface area contributed by atoms with Gasteiger partial charge in [0.05, 0.1) is 12.2 Å². The third kappa shape index (κ3) is 4.55. The Hall–Kier alpha value is -0.420. The number of benzene rings is 1. The van der Waals surface area contributed by atoms with Crippen LogP contribution in [0.25, 0.3) is 0 Å². The zero-order valence-corrected chi connectivity index (χ0v) is 14.2. The highest BCUT2D eigenvalue weighted by atomic mass is 79.9. The van der Waals surface area contributed by atoms with Crippen LogP contribution in [0.1, 0.15) is 31.9 Å². The molecule has 0 radical (unpaired) electrons. The molecule has 1 N–H and O–H groups in total. The fourth-order valence-corrected chi connectivity index (χ4v) is 3.23. The van der Waals surface area contributed by atoms with Crippen molar-refractivity contribution in [3.63, 3.8) is 0 Å². The van der Waals surface area contributed by atoms with Gasteiger partial charge in [0.1, 0.15) is 0 Å². The molecule has 0 aliphatic carbocycles. The molecule has 1 fully saturated rings. The molecule has 20 heavy (non-hydrogen) atoms. The lowest BCUT2D eigenvalue weighted by atomic mass is 10.0. The quantitative estimate of drug-likeness (QED) is 0.890. The van der Waals surface area contributed by atoms with Crippen molar-refractivity contribution in [2.24, 2.45) is 0 Å². The molecule has 4 heteroatoms. The number of hydrogen-bond acceptors (Lipinski definition) is 3. The SMILES string of the molecule is CNC(CCN1CCOC(C)(C)C1)c1cccc(Br)c1. The van der Waals surface area contributed by atoms with Crippen molar-refractivity contribution in [2.75, 3.05) is 33.3 Å². The monoisotopic (exact) mass is 340 g/mol. The Balaban J connectivity index is 1.91. The zero-order chi connectivity index (χ0) is 14.6. The van der Waals surface area contributed by atoms with Crippen molar-refractivity contribution in [1.82, 2.24) is 10.2 Å². The van der Waals surface area contributed by atoms with Gasteiger partial charge in [0.2, 0.25) is 0 Å². The van der Waals surface area contributed by atoms with Crippen LogP contribution < -0.4 is 5.32 Å². The van der Waals surface area contributed by atoms with E-state index in [0.29, 0.717) is 6.04 Å². The topological polar surface area (TPSA) is 24.5 Å². The van der Waals surface area contributed by atoms with Gasteiger partial charge in [-0.15, -0.1) is 0 Å². The molecule has 3 nitrogen and oxygen atoms in total. The van der Waals surface area contributed by atoms with Crippen molar-refractivity contribution >= 4 is 15.9 Å². The third-order valence-electron chi connectivity index (χ3n) is 3.84. The number of nitrogens with zero attached hydrogens (tertiary/aromatic N) is 1. The number of ether oxygens (including phenoxy) is 1. The average molecular weight is 341 g/mol. The molecule has 1 saturated heterocycles. The van der Waals surface area contributed by atoms with Gasteiger partial charge in [-0.2, -0.15) is 0 Å². The third-order valence-corrected chi connectivity index (χ3v) is 4.33. The predicted molar refractivity (Wildman–Crippen MR) is 87.0 cm³/mol. The van der Waals surface area contributed by atoms with E-state index in [1.807, 2.05) is 7.05 Å². The molecule has 0 spiro atoms. The van der Waals surface area contributed by atoms with Crippen LogP contribution in [-0.2, 0) is 4.74 Å². The number of nitrogens with one attached hydrogen (secondary N) is 1. The van der Waals surface area contributed by atoms with Gasteiger partial charge in [-0.25, -0.2) is 0 Å². The molecule has 1 heterocycles. The highest BCUT2D eigenvalue weighted by molar-refractivity contribution is 9.10. The van der Waals surface area contributed by atoms with Crippen LogP contribution in [0.4, 0.5) is 0 Å². The summed E-state index contributed by atoms with van der Waals surface area (Å²) in [6.45, 7) is 8.34. The molecule has 1 aliphatic rings. The van der Waals surface area contributed by atoms with Crippen LogP contribution in [0.3, 0.4) is 0 Å². The Labute approximate surface area is 130 Å². The van der Waals surface area contributed by atoms with Gasteiger partial charge in [-0.1, -0.05) is 28.1 Å². The number of rotatable bonds is 5. The van der Waals surface area contributed by atoms with E-state index < -0.39 is 0 Å². The fraction of sp³-hybridized carbons (Fsp3) is 0.625. The van der Waals surface area contributed by atoms with Crippen LogP contribution in [0.15, 0.2) is 28.7 Å². The second kappa shape index (κ2) is 7.03. The van der Waals surface area contributed by atoms with E-state index in [9.17, 15) is 0 Å². The van der Waals surface area contributed by atoms with Gasteiger partial charge in [0.15, 0.2) is 0 Å². The molecule has 1 atom stereocenters. The van der Waals surface area contributed by atoms with E-state index in [1.165, 1.54) is 5.56 Å². The van der Waals surface area contributed by atoms with Gasteiger partial charge in [0.25, 0.3) is 0 Å². The largest absolute Gasteiger partial charge is 0.373 e. The maximum atomic E-state index is 5.77. The molecule has 0 saturated carbocycles. The number of halogens is 1. The van der Waals surface area contributed by atoms with E-state index in [4.69, 9.17) is 4.74 Å². The summed E-state index contributed by atoms with van der Waals surface area (Å²) >= 11 is 3.55. The summed E-state index contributed by atoms with van der Waals surface area (Å²) in [5.41, 5.74) is 1.33. The molecule has 1 aromatic carbocycles. The molecule has 2 rings (SSSR count). The minimum Gasteiger partial charge on any atom is -0.373 e. The highest BCUT2D eigenvalue weighted by Crippen LogP contribution is 2.22. The minimum atomic E-state index is -0.0107. The van der Waals surface area contributed by atoms with Crippen molar-refractivity contribution in [2.45, 2.75) is 31.9 Å². The van der Waals surface area contributed by atoms with E-state index in [0.717, 1.165) is 37.1 Å². The first-order valence-electron chi connectivity index (χ1n) is 7.29. The second-order valence-corrected chi connectivity index (χ2v) is 6.98. The first-order valence-corrected chi connectivity index (χ1v) is 8.08. The van der Waals surface area contributed by atoms with Crippen molar-refractivity contribution in [3.05, 3.63) is 34.3 Å². The number of morpholine rings is 1. The van der Waals surface area contributed by atoms with Crippen LogP contribution in [0, 0.1) is 0 Å². The molecular formula is C16H25BrN2O. The summed E-state index contributed by atoms with van der Waals surface area (Å²) in [5.74, 6) is 0. The molecule has 0 bridgehead atoms. The average Bonchev–Trinajstić information content (AvgIpc) is 2.38. The first kappa shape index (κ1) is 16.0. The standard InChI is InChI=1S/C16H25BrN2O/c1-16(2)12-19(9-10-20-16)8-7-15(18-3)13-5-4-6-14(17)11-13/h4-6,11,15,18H,7-10,12H2,1-3H3. The Morgan fingerprint density at radius 2 is 2.25 bits per heavy atom. The van der Waals surface area contributed by atoms with Crippen LogP contribution in [0.2, 0.25) is 0 Å². The van der Waals surface area contributed by atoms with Crippen molar-refractivity contribution < 1.29 is 4.74 Å². The maximum absolute atomic E-state index is 5.77. The van der Waals surface area contributed by atoms with Gasteiger partial charge >= 0.3 is 0 Å². The van der Waals surface area contributed by atoms with E-state index >= 15 is 0 Å². The summed E-state index contributed by atoms with van der Waals surface area (Å²) in [5, 5.41) is 3.43. The second-order valence-electron chi connectivity index (χ2n) is 6.07. The van der Waals surface area contributed by atoms with E-state index in [-0.39, 0.29) is 5.60 Å². The highest BCUT2D eigenvalue weighted by Gasteiger charge is 2.27. The molecular weight excluding hydrogens is 316 g/mol. The lowest BCUT2D eigenvalue weighted by molar-refractivity contribution is -0.0864. The van der Waals surface area contributed by atoms with Crippen molar-refractivity contribution in [3.8, 4) is 0 Å². The lowest BCUT2D eigenvalue weighted by Gasteiger charge is -2.38. The normalized spacial score (nSPS) is 20.8. The van der Waals surface area contributed by atoms with Crippen LogP contribution in [-0.4, -0.2) is 43.8 Å². The van der Waals surface area contributed by atoms with Gasteiger partial charge in [-0.3, -0.25) is 4.90 Å². The summed E-state index contributed by atoms with van der Waals surface area (Å²) < 4.78 is 6.91. The summed E-state index contributed by atoms with van der Waals surface area (Å²) in [6, 6.07) is 8.96. The predicted octanol–water partition coefficient (Wildman–Crippen LogP) is 3.21. The first-order chi connectivity index (χ1) is 9.50. The summed E-state index contributed by atoms with van der Waals surface area (Å²) in [7, 11) is 2.04.